The maximum Gasteiger partial charge on any atom is 0.0688 e. The van der Waals surface area contributed by atoms with Gasteiger partial charge in [0, 0.05) is 35.5 Å². The Morgan fingerprint density at radius 3 is 2.53 bits per heavy atom. The summed E-state index contributed by atoms with van der Waals surface area (Å²) >= 11 is 0. The summed E-state index contributed by atoms with van der Waals surface area (Å²) in [4.78, 5) is 15.1. The van der Waals surface area contributed by atoms with Crippen molar-refractivity contribution in [2.45, 2.75) is 20.8 Å². The van der Waals surface area contributed by atoms with E-state index in [1.807, 2.05) is 6.20 Å². The maximum atomic E-state index is 4.53. The third-order valence-corrected chi connectivity index (χ3v) is 3.37. The molecule has 2 aromatic heterocycles. The monoisotopic (exact) mass is 422 g/mol. The predicted octanol–water partition coefficient (Wildman–Crippen LogP) is 2.25. The Labute approximate surface area is 129 Å². The van der Waals surface area contributed by atoms with Crippen LogP contribution in [0.5, 0.6) is 0 Å². The van der Waals surface area contributed by atoms with Crippen molar-refractivity contribution in [3.63, 3.8) is 0 Å². The van der Waals surface area contributed by atoms with Gasteiger partial charge in [0.2, 0.25) is 0 Å². The van der Waals surface area contributed by atoms with E-state index in [1.54, 1.807) is 12.5 Å². The van der Waals surface area contributed by atoms with E-state index >= 15 is 0 Å². The Hall–Kier alpha value is -1.10. The topological polar surface area (TPSA) is 43.1 Å². The summed E-state index contributed by atoms with van der Waals surface area (Å²) in [6.07, 6.45) is 5.25. The second-order valence-corrected chi connectivity index (χ2v) is 5.79. The van der Waals surface area contributed by atoms with Gasteiger partial charge < -0.3 is 14.9 Å². The van der Waals surface area contributed by atoms with Crippen LogP contribution in [0.1, 0.15) is 19.4 Å². The molecule has 3 rings (SSSR count). The molecular weight excluding hydrogens is 405 g/mol. The molecule has 0 bridgehead atoms. The molecule has 1 fully saturated rings. The number of rotatable bonds is 2. The smallest absolute Gasteiger partial charge is 0.0688 e. The molecule has 0 N–H and O–H groups in total. The summed E-state index contributed by atoms with van der Waals surface area (Å²) in [6, 6.07) is 2.19. The quantitative estimate of drug-likeness (QED) is 0.745. The van der Waals surface area contributed by atoms with Gasteiger partial charge >= 0.3 is 0 Å². The van der Waals surface area contributed by atoms with Gasteiger partial charge in [-0.1, -0.05) is 26.4 Å². The molecule has 19 heavy (non-hydrogen) atoms. The minimum Gasteiger partial charge on any atom is -0.449 e. The third kappa shape index (κ3) is 2.76. The fourth-order valence-electron chi connectivity index (χ4n) is 2.53. The predicted molar refractivity (Wildman–Crippen MR) is 71.5 cm³/mol. The second-order valence-electron chi connectivity index (χ2n) is 5.79. The van der Waals surface area contributed by atoms with Gasteiger partial charge in [0.25, 0.3) is 0 Å². The molecule has 0 aromatic carbocycles. The average molecular weight is 422 g/mol. The Kier molecular flexibility index (Phi) is 3.85. The fraction of sp³-hybridized carbons (Fsp3) is 0.429. The van der Waals surface area contributed by atoms with Crippen molar-refractivity contribution in [3.8, 4) is 11.4 Å². The van der Waals surface area contributed by atoms with Crippen molar-refractivity contribution in [1.82, 2.24) is 15.0 Å². The van der Waals surface area contributed by atoms with Crippen molar-refractivity contribution in [1.29, 1.82) is 0 Å². The molecular formula is C14H17N4Ta-. The van der Waals surface area contributed by atoms with Crippen LogP contribution in [-0.4, -0.2) is 23.1 Å². The molecule has 0 unspecified atom stereocenters. The summed E-state index contributed by atoms with van der Waals surface area (Å²) in [6.45, 7) is 8.86. The van der Waals surface area contributed by atoms with Crippen LogP contribution < -0.4 is 9.88 Å². The molecule has 2 aromatic rings. The number of anilines is 1. The average Bonchev–Trinajstić information content (AvgIpc) is 2.79. The zero-order valence-electron chi connectivity index (χ0n) is 11.5. The van der Waals surface area contributed by atoms with Crippen molar-refractivity contribution >= 4 is 5.69 Å². The molecule has 1 radical (unpaired) electrons. The van der Waals surface area contributed by atoms with Crippen LogP contribution in [0.15, 0.2) is 24.8 Å². The van der Waals surface area contributed by atoms with E-state index in [0.717, 1.165) is 30.0 Å². The van der Waals surface area contributed by atoms with Gasteiger partial charge in [-0.25, -0.2) is 0 Å². The number of hydrogen-bond donors (Lipinski definition) is 0. The molecule has 0 amide bonds. The minimum atomic E-state index is 0. The van der Waals surface area contributed by atoms with Crippen LogP contribution in [0.3, 0.4) is 0 Å². The van der Waals surface area contributed by atoms with Gasteiger partial charge in [-0.2, -0.15) is 0 Å². The Bertz CT molecular complexity index is 555. The SMILES string of the molecule is Cc1cc(N2CC(C)(C)C2)cnc1-c1c[n-]cn1.[Ta]. The van der Waals surface area contributed by atoms with Gasteiger partial charge in [0.1, 0.15) is 0 Å². The molecule has 0 aliphatic carbocycles. The van der Waals surface area contributed by atoms with E-state index in [1.165, 1.54) is 5.69 Å². The molecule has 5 heteroatoms. The van der Waals surface area contributed by atoms with E-state index in [9.17, 15) is 0 Å². The van der Waals surface area contributed by atoms with Gasteiger partial charge in [0.05, 0.1) is 17.6 Å². The van der Waals surface area contributed by atoms with Gasteiger partial charge in [0.15, 0.2) is 0 Å². The molecule has 0 atom stereocenters. The molecule has 0 spiro atoms. The van der Waals surface area contributed by atoms with Gasteiger partial charge in [-0.15, -0.1) is 0 Å². The molecule has 99 valence electrons. The Balaban J connectivity index is 0.00000133. The van der Waals surface area contributed by atoms with Crippen molar-refractivity contribution < 1.29 is 22.4 Å². The zero-order valence-corrected chi connectivity index (χ0v) is 14.7. The van der Waals surface area contributed by atoms with Crippen LogP contribution in [-0.2, 0) is 22.4 Å². The molecule has 4 nitrogen and oxygen atoms in total. The first kappa shape index (κ1) is 14.3. The van der Waals surface area contributed by atoms with E-state index in [2.05, 4.69) is 46.7 Å². The second kappa shape index (κ2) is 5.12. The number of nitrogens with zero attached hydrogens (tertiary/aromatic N) is 4. The Morgan fingerprint density at radius 1 is 1.26 bits per heavy atom. The fourth-order valence-corrected chi connectivity index (χ4v) is 2.53. The largest absolute Gasteiger partial charge is 0.449 e. The first-order valence-electron chi connectivity index (χ1n) is 6.20. The molecule has 3 heterocycles. The first-order chi connectivity index (χ1) is 8.55. The first-order valence-corrected chi connectivity index (χ1v) is 6.20. The third-order valence-electron chi connectivity index (χ3n) is 3.37. The number of imidazole rings is 1. The van der Waals surface area contributed by atoms with Gasteiger partial charge in [-0.05, 0) is 29.7 Å². The maximum absolute atomic E-state index is 4.53. The van der Waals surface area contributed by atoms with Crippen molar-refractivity contribution in [2.75, 3.05) is 18.0 Å². The Morgan fingerprint density at radius 2 is 2.00 bits per heavy atom. The van der Waals surface area contributed by atoms with E-state index < -0.39 is 0 Å². The van der Waals surface area contributed by atoms with E-state index in [0.29, 0.717) is 5.41 Å². The summed E-state index contributed by atoms with van der Waals surface area (Å²) in [5, 5.41) is 0. The van der Waals surface area contributed by atoms with Crippen LogP contribution in [0.25, 0.3) is 11.4 Å². The van der Waals surface area contributed by atoms with Crippen molar-refractivity contribution in [2.24, 2.45) is 5.41 Å². The van der Waals surface area contributed by atoms with E-state index in [-0.39, 0.29) is 22.4 Å². The summed E-state index contributed by atoms with van der Waals surface area (Å²) in [5.74, 6) is 0. The number of pyridine rings is 1. The standard InChI is InChI=1S/C14H17N4.Ta/c1-10-4-11(18-7-14(2,3)8-18)5-16-13(10)12-6-15-9-17-12;/h4-6,9H,7-8H2,1-3H3;/q-1;. The molecule has 1 saturated heterocycles. The zero-order chi connectivity index (χ0) is 12.8. The van der Waals surface area contributed by atoms with Crippen LogP contribution >= 0.6 is 0 Å². The minimum absolute atomic E-state index is 0. The number of hydrogen-bond acceptors (Lipinski definition) is 3. The molecule has 1 aliphatic heterocycles. The summed E-state index contributed by atoms with van der Waals surface area (Å²) in [7, 11) is 0. The summed E-state index contributed by atoms with van der Waals surface area (Å²) < 4.78 is 0. The number of aryl methyl sites for hydroxylation is 1. The number of aromatic nitrogens is 3. The summed E-state index contributed by atoms with van der Waals surface area (Å²) in [5.41, 5.74) is 4.57. The molecule has 0 saturated carbocycles. The van der Waals surface area contributed by atoms with Gasteiger partial charge in [-0.3, -0.25) is 4.98 Å². The van der Waals surface area contributed by atoms with Crippen LogP contribution in [0.4, 0.5) is 5.69 Å². The normalized spacial score (nSPS) is 16.7. The van der Waals surface area contributed by atoms with Crippen LogP contribution in [0.2, 0.25) is 0 Å². The van der Waals surface area contributed by atoms with E-state index in [4.69, 9.17) is 0 Å². The van der Waals surface area contributed by atoms with Crippen LogP contribution in [0, 0.1) is 12.3 Å². The molecule has 1 aliphatic rings. The van der Waals surface area contributed by atoms with Crippen molar-refractivity contribution in [3.05, 3.63) is 30.4 Å².